The number of nitrogens with zero attached hydrogens (tertiary/aromatic N) is 6. The van der Waals surface area contributed by atoms with Gasteiger partial charge in [-0.1, -0.05) is 11.6 Å². The topological polar surface area (TPSA) is 61.4 Å². The van der Waals surface area contributed by atoms with Crippen molar-refractivity contribution in [2.45, 2.75) is 13.5 Å². The summed E-state index contributed by atoms with van der Waals surface area (Å²) >= 11 is 5.84. The fourth-order valence-corrected chi connectivity index (χ4v) is 1.84. The molecule has 96 valence electrons. The molecular weight excluding hydrogens is 264 g/mol. The van der Waals surface area contributed by atoms with E-state index in [0.29, 0.717) is 17.4 Å². The van der Waals surface area contributed by atoms with Crippen LogP contribution in [0.3, 0.4) is 0 Å². The summed E-state index contributed by atoms with van der Waals surface area (Å²) in [5, 5.41) is 13.1. The summed E-state index contributed by atoms with van der Waals surface area (Å²) in [6.45, 7) is 2.49. The van der Waals surface area contributed by atoms with Crippen molar-refractivity contribution in [3.05, 3.63) is 53.3 Å². The minimum Gasteiger partial charge on any atom is -0.327 e. The van der Waals surface area contributed by atoms with E-state index in [1.165, 1.54) is 4.80 Å². The molecule has 0 atom stereocenters. The molecule has 3 rings (SSSR count). The molecule has 19 heavy (non-hydrogen) atoms. The molecule has 0 radical (unpaired) electrons. The van der Waals surface area contributed by atoms with Crippen LogP contribution < -0.4 is 0 Å². The molecule has 1 aromatic carbocycles. The minimum atomic E-state index is 0.555. The third-order valence-electron chi connectivity index (χ3n) is 2.75. The Hall–Kier alpha value is -2.21. The van der Waals surface area contributed by atoms with Gasteiger partial charge in [-0.25, -0.2) is 4.98 Å². The first-order valence-electron chi connectivity index (χ1n) is 5.75. The lowest BCUT2D eigenvalue weighted by molar-refractivity contribution is 0.700. The number of tetrazole rings is 1. The Bertz CT molecular complexity index is 684. The van der Waals surface area contributed by atoms with Gasteiger partial charge in [0.15, 0.2) is 5.82 Å². The van der Waals surface area contributed by atoms with Gasteiger partial charge in [0.1, 0.15) is 5.82 Å². The summed E-state index contributed by atoms with van der Waals surface area (Å²) in [5.74, 6) is 1.55. The van der Waals surface area contributed by atoms with Gasteiger partial charge in [0.25, 0.3) is 0 Å². The van der Waals surface area contributed by atoms with Crippen LogP contribution in [0.5, 0.6) is 0 Å². The molecule has 0 amide bonds. The molecule has 0 saturated carbocycles. The van der Waals surface area contributed by atoms with Crippen LogP contribution >= 0.6 is 11.6 Å². The van der Waals surface area contributed by atoms with Crippen molar-refractivity contribution in [1.82, 2.24) is 29.8 Å². The number of aryl methyl sites for hydroxylation is 1. The first kappa shape index (κ1) is 11.9. The lowest BCUT2D eigenvalue weighted by Gasteiger charge is -2.00. The number of hydrogen-bond acceptors (Lipinski definition) is 4. The van der Waals surface area contributed by atoms with Crippen molar-refractivity contribution in [2.24, 2.45) is 0 Å². The second-order valence-corrected chi connectivity index (χ2v) is 4.51. The van der Waals surface area contributed by atoms with Gasteiger partial charge in [-0.15, -0.1) is 15.0 Å². The molecule has 0 N–H and O–H groups in total. The Morgan fingerprint density at radius 3 is 2.68 bits per heavy atom. The molecule has 0 aliphatic carbocycles. The average Bonchev–Trinajstić information content (AvgIpc) is 3.01. The van der Waals surface area contributed by atoms with Gasteiger partial charge in [0.2, 0.25) is 0 Å². The SMILES string of the molecule is Cc1nccn1Cc1nnn(-c2ccc(Cl)cc2)n1. The maximum Gasteiger partial charge on any atom is 0.194 e. The van der Waals surface area contributed by atoms with Gasteiger partial charge in [0, 0.05) is 17.4 Å². The van der Waals surface area contributed by atoms with E-state index in [4.69, 9.17) is 11.6 Å². The molecule has 0 aliphatic rings. The molecular formula is C12H11ClN6. The molecule has 0 spiro atoms. The lowest BCUT2D eigenvalue weighted by Crippen LogP contribution is -2.03. The molecule has 0 unspecified atom stereocenters. The quantitative estimate of drug-likeness (QED) is 0.731. The van der Waals surface area contributed by atoms with Crippen LogP contribution in [0.25, 0.3) is 5.69 Å². The highest BCUT2D eigenvalue weighted by Crippen LogP contribution is 2.11. The Kier molecular flexibility index (Phi) is 3.00. The highest BCUT2D eigenvalue weighted by molar-refractivity contribution is 6.30. The smallest absolute Gasteiger partial charge is 0.194 e. The predicted molar refractivity (Wildman–Crippen MR) is 70.2 cm³/mol. The van der Waals surface area contributed by atoms with Crippen LogP contribution in [0.15, 0.2) is 36.7 Å². The third kappa shape index (κ3) is 2.48. The normalized spacial score (nSPS) is 10.8. The van der Waals surface area contributed by atoms with Crippen molar-refractivity contribution in [2.75, 3.05) is 0 Å². The van der Waals surface area contributed by atoms with E-state index < -0.39 is 0 Å². The van der Waals surface area contributed by atoms with E-state index in [9.17, 15) is 0 Å². The van der Waals surface area contributed by atoms with E-state index in [2.05, 4.69) is 20.4 Å². The summed E-state index contributed by atoms with van der Waals surface area (Å²) < 4.78 is 1.96. The van der Waals surface area contributed by atoms with E-state index >= 15 is 0 Å². The van der Waals surface area contributed by atoms with Gasteiger partial charge in [-0.3, -0.25) is 0 Å². The van der Waals surface area contributed by atoms with Crippen LogP contribution in [0.1, 0.15) is 11.6 Å². The Morgan fingerprint density at radius 1 is 1.21 bits per heavy atom. The van der Waals surface area contributed by atoms with Gasteiger partial charge in [-0.2, -0.15) is 0 Å². The number of benzene rings is 1. The minimum absolute atomic E-state index is 0.555. The first-order chi connectivity index (χ1) is 9.22. The van der Waals surface area contributed by atoms with E-state index in [1.54, 1.807) is 18.3 Å². The summed E-state index contributed by atoms with van der Waals surface area (Å²) in [6.07, 6.45) is 3.64. The zero-order valence-corrected chi connectivity index (χ0v) is 11.0. The number of imidazole rings is 1. The second kappa shape index (κ2) is 4.81. The molecule has 2 heterocycles. The molecule has 0 aliphatic heterocycles. The maximum atomic E-state index is 5.84. The Balaban J connectivity index is 1.83. The average molecular weight is 275 g/mol. The number of halogens is 1. The van der Waals surface area contributed by atoms with E-state index in [0.717, 1.165) is 11.5 Å². The van der Waals surface area contributed by atoms with E-state index in [1.807, 2.05) is 29.8 Å². The third-order valence-corrected chi connectivity index (χ3v) is 3.00. The molecule has 0 bridgehead atoms. The number of hydrogen-bond donors (Lipinski definition) is 0. The van der Waals surface area contributed by atoms with Crippen LogP contribution in [0, 0.1) is 6.92 Å². The van der Waals surface area contributed by atoms with Crippen LogP contribution in [-0.2, 0) is 6.54 Å². The first-order valence-corrected chi connectivity index (χ1v) is 6.13. The standard InChI is InChI=1S/C12H11ClN6/c1-9-14-6-7-18(9)8-12-15-17-19(16-12)11-4-2-10(13)3-5-11/h2-7H,8H2,1H3. The zero-order chi connectivity index (χ0) is 13.2. The second-order valence-electron chi connectivity index (χ2n) is 4.07. The van der Waals surface area contributed by atoms with Crippen LogP contribution in [0.2, 0.25) is 5.02 Å². The van der Waals surface area contributed by atoms with Crippen molar-refractivity contribution < 1.29 is 0 Å². The molecule has 0 saturated heterocycles. The van der Waals surface area contributed by atoms with Gasteiger partial charge in [-0.05, 0) is 36.4 Å². The molecule has 3 aromatic rings. The maximum absolute atomic E-state index is 5.84. The summed E-state index contributed by atoms with van der Waals surface area (Å²) in [4.78, 5) is 5.64. The summed E-state index contributed by atoms with van der Waals surface area (Å²) in [6, 6.07) is 7.27. The van der Waals surface area contributed by atoms with Gasteiger partial charge >= 0.3 is 0 Å². The molecule has 2 aromatic heterocycles. The van der Waals surface area contributed by atoms with Crippen LogP contribution in [0.4, 0.5) is 0 Å². The number of aromatic nitrogens is 6. The van der Waals surface area contributed by atoms with Crippen molar-refractivity contribution >= 4 is 11.6 Å². The van der Waals surface area contributed by atoms with Gasteiger partial charge in [0.05, 0.1) is 12.2 Å². The summed E-state index contributed by atoms with van der Waals surface area (Å²) in [7, 11) is 0. The lowest BCUT2D eigenvalue weighted by atomic mass is 10.3. The van der Waals surface area contributed by atoms with Crippen LogP contribution in [-0.4, -0.2) is 29.8 Å². The van der Waals surface area contributed by atoms with Crippen molar-refractivity contribution in [3.63, 3.8) is 0 Å². The van der Waals surface area contributed by atoms with Gasteiger partial charge < -0.3 is 4.57 Å². The zero-order valence-electron chi connectivity index (χ0n) is 10.2. The van der Waals surface area contributed by atoms with Crippen molar-refractivity contribution in [3.8, 4) is 5.69 Å². The molecule has 0 fully saturated rings. The van der Waals surface area contributed by atoms with E-state index in [-0.39, 0.29) is 0 Å². The monoisotopic (exact) mass is 274 g/mol. The summed E-state index contributed by atoms with van der Waals surface area (Å²) in [5.41, 5.74) is 0.825. The fraction of sp³-hybridized carbons (Fsp3) is 0.167. The fourth-order valence-electron chi connectivity index (χ4n) is 1.71. The number of rotatable bonds is 3. The molecule has 6 nitrogen and oxygen atoms in total. The van der Waals surface area contributed by atoms with Crippen molar-refractivity contribution in [1.29, 1.82) is 0 Å². The Morgan fingerprint density at radius 2 is 2.00 bits per heavy atom. The Labute approximate surface area is 114 Å². The highest BCUT2D eigenvalue weighted by Gasteiger charge is 2.06. The highest BCUT2D eigenvalue weighted by atomic mass is 35.5. The predicted octanol–water partition coefficient (Wildman–Crippen LogP) is 1.87. The molecule has 7 heteroatoms. The largest absolute Gasteiger partial charge is 0.327 e.